The lowest BCUT2D eigenvalue weighted by molar-refractivity contribution is 0.00610. The number of para-hydroxylation sites is 1. The topological polar surface area (TPSA) is 43.2 Å². The van der Waals surface area contributed by atoms with Crippen LogP contribution in [0.1, 0.15) is 45.4 Å². The van der Waals surface area contributed by atoms with E-state index in [4.69, 9.17) is 4.74 Å². The number of hydrogen-bond acceptors (Lipinski definition) is 4. The van der Waals surface area contributed by atoms with E-state index in [1.54, 1.807) is 0 Å². The largest absolute Gasteiger partial charge is 0.378 e. The molecule has 0 bridgehead atoms. The standard InChI is InChI=1S/C19H30N4O/c1-2-3-16-24-17-10-14-22(15-11-17)12-6-7-13-23-19-9-5-4-8-18(19)20-21-23/h4-5,8-9,17H,2-3,6-7,10-16H2,1H3. The van der Waals surface area contributed by atoms with Crippen LogP contribution >= 0.6 is 0 Å². The summed E-state index contributed by atoms with van der Waals surface area (Å²) in [5, 5.41) is 8.48. The zero-order valence-electron chi connectivity index (χ0n) is 14.9. The van der Waals surface area contributed by atoms with Gasteiger partial charge in [0.1, 0.15) is 5.52 Å². The molecular formula is C19H30N4O. The number of benzene rings is 1. The summed E-state index contributed by atoms with van der Waals surface area (Å²) in [5.41, 5.74) is 2.13. The highest BCUT2D eigenvalue weighted by atomic mass is 16.5. The van der Waals surface area contributed by atoms with Gasteiger partial charge < -0.3 is 9.64 Å². The Bertz CT molecular complexity index is 604. The molecule has 5 heteroatoms. The molecular weight excluding hydrogens is 300 g/mol. The minimum absolute atomic E-state index is 0.495. The monoisotopic (exact) mass is 330 g/mol. The zero-order chi connectivity index (χ0) is 16.6. The van der Waals surface area contributed by atoms with E-state index >= 15 is 0 Å². The van der Waals surface area contributed by atoms with Crippen LogP contribution in [0.4, 0.5) is 0 Å². The number of hydrogen-bond donors (Lipinski definition) is 0. The lowest BCUT2D eigenvalue weighted by Gasteiger charge is -2.31. The van der Waals surface area contributed by atoms with Crippen molar-refractivity contribution >= 4 is 11.0 Å². The van der Waals surface area contributed by atoms with Crippen LogP contribution in [0.3, 0.4) is 0 Å². The third kappa shape index (κ3) is 4.77. The van der Waals surface area contributed by atoms with Gasteiger partial charge in [-0.05, 0) is 50.8 Å². The minimum Gasteiger partial charge on any atom is -0.378 e. The van der Waals surface area contributed by atoms with E-state index < -0.39 is 0 Å². The molecule has 132 valence electrons. The first kappa shape index (κ1) is 17.4. The predicted molar refractivity (Wildman–Crippen MR) is 97.1 cm³/mol. The van der Waals surface area contributed by atoms with Crippen molar-refractivity contribution in [2.24, 2.45) is 0 Å². The number of fused-ring (bicyclic) bond motifs is 1. The maximum atomic E-state index is 5.94. The Balaban J connectivity index is 1.32. The van der Waals surface area contributed by atoms with Crippen molar-refractivity contribution in [3.05, 3.63) is 24.3 Å². The van der Waals surface area contributed by atoms with Crippen LogP contribution < -0.4 is 0 Å². The fourth-order valence-electron chi connectivity index (χ4n) is 3.37. The third-order valence-electron chi connectivity index (χ3n) is 4.90. The average molecular weight is 330 g/mol. The summed E-state index contributed by atoms with van der Waals surface area (Å²) in [6.07, 6.45) is 7.66. The molecule has 2 heterocycles. The Morgan fingerprint density at radius 1 is 1.08 bits per heavy atom. The van der Waals surface area contributed by atoms with Crippen LogP contribution in [-0.4, -0.2) is 52.2 Å². The SMILES string of the molecule is CCCCOC1CCN(CCCCn2nnc3ccccc32)CC1. The molecule has 0 N–H and O–H groups in total. The van der Waals surface area contributed by atoms with Gasteiger partial charge in [-0.15, -0.1) is 5.10 Å². The summed E-state index contributed by atoms with van der Waals surface area (Å²) in [4.78, 5) is 2.58. The van der Waals surface area contributed by atoms with Crippen molar-refractivity contribution in [3.63, 3.8) is 0 Å². The van der Waals surface area contributed by atoms with E-state index in [1.807, 2.05) is 16.8 Å². The molecule has 0 saturated carbocycles. The quantitative estimate of drug-likeness (QED) is 0.660. The van der Waals surface area contributed by atoms with Gasteiger partial charge in [0, 0.05) is 26.2 Å². The Morgan fingerprint density at radius 3 is 2.71 bits per heavy atom. The molecule has 24 heavy (non-hydrogen) atoms. The van der Waals surface area contributed by atoms with Gasteiger partial charge in [0.15, 0.2) is 0 Å². The van der Waals surface area contributed by atoms with Gasteiger partial charge in [0.05, 0.1) is 11.6 Å². The molecule has 1 aliphatic rings. The van der Waals surface area contributed by atoms with E-state index in [1.165, 1.54) is 51.7 Å². The maximum absolute atomic E-state index is 5.94. The second-order valence-electron chi connectivity index (χ2n) is 6.77. The van der Waals surface area contributed by atoms with Gasteiger partial charge in [0.2, 0.25) is 0 Å². The summed E-state index contributed by atoms with van der Waals surface area (Å²) in [5.74, 6) is 0. The molecule has 1 aliphatic heterocycles. The van der Waals surface area contributed by atoms with Crippen molar-refractivity contribution in [1.29, 1.82) is 0 Å². The molecule has 0 spiro atoms. The summed E-state index contributed by atoms with van der Waals surface area (Å²) in [6, 6.07) is 8.18. The van der Waals surface area contributed by atoms with E-state index in [2.05, 4.69) is 34.3 Å². The van der Waals surface area contributed by atoms with E-state index in [0.29, 0.717) is 6.10 Å². The molecule has 1 aromatic carbocycles. The molecule has 1 fully saturated rings. The summed E-state index contributed by atoms with van der Waals surface area (Å²) >= 11 is 0. The van der Waals surface area contributed by atoms with Crippen molar-refractivity contribution in [2.75, 3.05) is 26.2 Å². The number of aromatic nitrogens is 3. The van der Waals surface area contributed by atoms with Crippen LogP contribution in [0.25, 0.3) is 11.0 Å². The molecule has 3 rings (SSSR count). The molecule has 1 saturated heterocycles. The number of aryl methyl sites for hydroxylation is 1. The lowest BCUT2D eigenvalue weighted by Crippen LogP contribution is -2.37. The summed E-state index contributed by atoms with van der Waals surface area (Å²) < 4.78 is 7.97. The molecule has 0 atom stereocenters. The molecule has 0 aliphatic carbocycles. The van der Waals surface area contributed by atoms with Crippen LogP contribution in [0, 0.1) is 0 Å². The Morgan fingerprint density at radius 2 is 1.88 bits per heavy atom. The van der Waals surface area contributed by atoms with Gasteiger partial charge in [-0.3, -0.25) is 0 Å². The van der Waals surface area contributed by atoms with Crippen molar-refractivity contribution in [1.82, 2.24) is 19.9 Å². The molecule has 2 aromatic rings. The molecule has 0 amide bonds. The van der Waals surface area contributed by atoms with Crippen molar-refractivity contribution in [3.8, 4) is 0 Å². The fraction of sp³-hybridized carbons (Fsp3) is 0.684. The number of piperidine rings is 1. The van der Waals surface area contributed by atoms with Crippen molar-refractivity contribution in [2.45, 2.75) is 58.1 Å². The number of likely N-dealkylation sites (tertiary alicyclic amines) is 1. The first-order valence-corrected chi connectivity index (χ1v) is 9.49. The second-order valence-corrected chi connectivity index (χ2v) is 6.77. The first-order chi connectivity index (χ1) is 11.9. The number of ether oxygens (including phenoxy) is 1. The first-order valence-electron chi connectivity index (χ1n) is 9.49. The normalized spacial score (nSPS) is 16.9. The lowest BCUT2D eigenvalue weighted by atomic mass is 10.1. The Hall–Kier alpha value is -1.46. The van der Waals surface area contributed by atoms with Crippen LogP contribution in [0.5, 0.6) is 0 Å². The number of unbranched alkanes of at least 4 members (excludes halogenated alkanes) is 2. The highest BCUT2D eigenvalue weighted by molar-refractivity contribution is 5.73. The fourth-order valence-corrected chi connectivity index (χ4v) is 3.37. The van der Waals surface area contributed by atoms with E-state index in [9.17, 15) is 0 Å². The van der Waals surface area contributed by atoms with Crippen LogP contribution in [-0.2, 0) is 11.3 Å². The van der Waals surface area contributed by atoms with Crippen molar-refractivity contribution < 1.29 is 4.74 Å². The number of nitrogens with zero attached hydrogens (tertiary/aromatic N) is 4. The van der Waals surface area contributed by atoms with E-state index in [0.717, 1.165) is 30.6 Å². The second kappa shape index (κ2) is 9.14. The molecule has 5 nitrogen and oxygen atoms in total. The summed E-state index contributed by atoms with van der Waals surface area (Å²) in [6.45, 7) is 7.67. The van der Waals surface area contributed by atoms with Gasteiger partial charge in [0.25, 0.3) is 0 Å². The zero-order valence-corrected chi connectivity index (χ0v) is 14.9. The minimum atomic E-state index is 0.495. The Labute approximate surface area is 145 Å². The van der Waals surface area contributed by atoms with E-state index in [-0.39, 0.29) is 0 Å². The third-order valence-corrected chi connectivity index (χ3v) is 4.90. The average Bonchev–Trinajstić information content (AvgIpc) is 3.03. The van der Waals surface area contributed by atoms with Crippen LogP contribution in [0.2, 0.25) is 0 Å². The van der Waals surface area contributed by atoms with Gasteiger partial charge in [-0.1, -0.05) is 30.7 Å². The predicted octanol–water partition coefficient (Wildman–Crippen LogP) is 3.49. The smallest absolute Gasteiger partial charge is 0.113 e. The number of rotatable bonds is 9. The van der Waals surface area contributed by atoms with Gasteiger partial charge >= 0.3 is 0 Å². The highest BCUT2D eigenvalue weighted by Crippen LogP contribution is 2.15. The van der Waals surface area contributed by atoms with Gasteiger partial charge in [-0.25, -0.2) is 4.68 Å². The summed E-state index contributed by atoms with van der Waals surface area (Å²) in [7, 11) is 0. The molecule has 0 unspecified atom stereocenters. The van der Waals surface area contributed by atoms with Gasteiger partial charge in [-0.2, -0.15) is 0 Å². The molecule has 0 radical (unpaired) electrons. The maximum Gasteiger partial charge on any atom is 0.113 e. The highest BCUT2D eigenvalue weighted by Gasteiger charge is 2.18. The Kier molecular flexibility index (Phi) is 6.61. The van der Waals surface area contributed by atoms with Crippen LogP contribution in [0.15, 0.2) is 24.3 Å². The molecule has 1 aromatic heterocycles.